The normalized spacial score (nSPS) is 20.9. The maximum Gasteiger partial charge on any atom is 0.311 e. The lowest BCUT2D eigenvalue weighted by Gasteiger charge is -2.39. The number of ether oxygens (including phenoxy) is 1. The third kappa shape index (κ3) is 4.59. The van der Waals surface area contributed by atoms with E-state index in [0.29, 0.717) is 30.7 Å². The molecular formula is C20H28N2O5. The third-order valence-electron chi connectivity index (χ3n) is 5.10. The van der Waals surface area contributed by atoms with Crippen LogP contribution in [-0.4, -0.2) is 54.0 Å². The summed E-state index contributed by atoms with van der Waals surface area (Å²) >= 11 is 0. The number of aliphatic carboxylic acids is 1. The van der Waals surface area contributed by atoms with E-state index in [0.717, 1.165) is 0 Å². The number of hydrogen-bond donors (Lipinski definition) is 2. The second-order valence-corrected chi connectivity index (χ2v) is 7.62. The number of likely N-dealkylation sites (tertiary alicyclic amines) is 1. The van der Waals surface area contributed by atoms with Crippen molar-refractivity contribution < 1.29 is 24.2 Å². The molecule has 7 nitrogen and oxygen atoms in total. The molecule has 2 rings (SSSR count). The van der Waals surface area contributed by atoms with Crippen LogP contribution in [0.3, 0.4) is 0 Å². The van der Waals surface area contributed by atoms with Gasteiger partial charge in [0.15, 0.2) is 0 Å². The molecule has 1 saturated heterocycles. The van der Waals surface area contributed by atoms with Crippen molar-refractivity contribution in [1.29, 1.82) is 0 Å². The molecule has 1 aliphatic heterocycles. The van der Waals surface area contributed by atoms with Crippen LogP contribution in [0.2, 0.25) is 0 Å². The summed E-state index contributed by atoms with van der Waals surface area (Å²) in [7, 11) is 1.48. The number of carboxylic acids is 1. The smallest absolute Gasteiger partial charge is 0.311 e. The number of amides is 2. The fourth-order valence-electron chi connectivity index (χ4n) is 3.36. The molecule has 0 saturated carbocycles. The number of nitrogens with one attached hydrogen (secondary N) is 1. The lowest BCUT2D eigenvalue weighted by atomic mass is 9.81. The first-order chi connectivity index (χ1) is 12.7. The monoisotopic (exact) mass is 376 g/mol. The van der Waals surface area contributed by atoms with Crippen molar-refractivity contribution >= 4 is 17.8 Å². The minimum atomic E-state index is -0.956. The van der Waals surface area contributed by atoms with Gasteiger partial charge in [-0.15, -0.1) is 0 Å². The average Bonchev–Trinajstić information content (AvgIpc) is 2.65. The molecule has 0 aromatic heterocycles. The second-order valence-electron chi connectivity index (χ2n) is 7.62. The molecule has 0 radical (unpaired) electrons. The average molecular weight is 376 g/mol. The summed E-state index contributed by atoms with van der Waals surface area (Å²) in [5.74, 6) is -1.26. The zero-order valence-corrected chi connectivity index (χ0v) is 16.3. The van der Waals surface area contributed by atoms with Crippen LogP contribution in [0.25, 0.3) is 0 Å². The molecule has 0 aliphatic carbocycles. The van der Waals surface area contributed by atoms with Crippen LogP contribution in [-0.2, 0) is 9.59 Å². The Bertz CT molecular complexity index is 718. The van der Waals surface area contributed by atoms with E-state index >= 15 is 0 Å². The van der Waals surface area contributed by atoms with Crippen LogP contribution in [0.4, 0.5) is 0 Å². The number of rotatable bonds is 6. The number of carbonyl (C=O) groups excluding carboxylic acids is 2. The van der Waals surface area contributed by atoms with Gasteiger partial charge in [0.05, 0.1) is 18.1 Å². The zero-order valence-electron chi connectivity index (χ0n) is 16.3. The zero-order chi connectivity index (χ0) is 20.2. The maximum atomic E-state index is 13.1. The van der Waals surface area contributed by atoms with Gasteiger partial charge in [-0.2, -0.15) is 0 Å². The maximum absolute atomic E-state index is 13.1. The van der Waals surface area contributed by atoms with Crippen LogP contribution in [0.15, 0.2) is 24.3 Å². The molecule has 2 atom stereocenters. The molecule has 1 aromatic carbocycles. The Hall–Kier alpha value is -2.57. The van der Waals surface area contributed by atoms with Gasteiger partial charge in [0.25, 0.3) is 5.91 Å². The Kier molecular flexibility index (Phi) is 6.46. The molecule has 2 unspecified atom stereocenters. The highest BCUT2D eigenvalue weighted by Gasteiger charge is 2.41. The van der Waals surface area contributed by atoms with Crippen molar-refractivity contribution in [2.75, 3.05) is 20.2 Å². The topological polar surface area (TPSA) is 95.9 Å². The second kappa shape index (κ2) is 8.41. The number of piperidine rings is 1. The van der Waals surface area contributed by atoms with E-state index in [4.69, 9.17) is 4.74 Å². The fourth-order valence-corrected chi connectivity index (χ4v) is 3.36. The number of carboxylic acid groups (broad SMARTS) is 1. The summed E-state index contributed by atoms with van der Waals surface area (Å²) in [5.41, 5.74) is -0.602. The molecule has 1 aliphatic rings. The Labute approximate surface area is 159 Å². The van der Waals surface area contributed by atoms with Crippen molar-refractivity contribution in [3.8, 4) is 5.75 Å². The van der Waals surface area contributed by atoms with Crippen LogP contribution in [0.1, 0.15) is 44.0 Å². The number of para-hydroxylation sites is 1. The summed E-state index contributed by atoms with van der Waals surface area (Å²) in [5, 5.41) is 12.3. The highest BCUT2D eigenvalue weighted by molar-refractivity contribution is 5.99. The predicted octanol–water partition coefficient (Wildman–Crippen LogP) is 2.16. The standard InChI is InChI=1S/C20H28N2O5/c1-13(2)16(21-17(23)14-8-5-6-9-15(14)27-4)18(24)22-11-7-10-20(3,12-22)19(25)26/h5-6,8-9,13,16H,7,10-12H2,1-4H3,(H,21,23)(H,25,26). The van der Waals surface area contributed by atoms with Crippen molar-refractivity contribution in [1.82, 2.24) is 10.2 Å². The highest BCUT2D eigenvalue weighted by Crippen LogP contribution is 2.30. The van der Waals surface area contributed by atoms with Gasteiger partial charge in [-0.3, -0.25) is 14.4 Å². The number of hydrogen-bond acceptors (Lipinski definition) is 4. The molecule has 0 bridgehead atoms. The minimum absolute atomic E-state index is 0.144. The molecule has 1 heterocycles. The van der Waals surface area contributed by atoms with Crippen LogP contribution < -0.4 is 10.1 Å². The Morgan fingerprint density at radius 3 is 2.52 bits per heavy atom. The van der Waals surface area contributed by atoms with Crippen molar-refractivity contribution in [2.24, 2.45) is 11.3 Å². The minimum Gasteiger partial charge on any atom is -0.496 e. The Morgan fingerprint density at radius 2 is 1.93 bits per heavy atom. The van der Waals surface area contributed by atoms with Crippen molar-refractivity contribution in [3.63, 3.8) is 0 Å². The Morgan fingerprint density at radius 1 is 1.26 bits per heavy atom. The van der Waals surface area contributed by atoms with Gasteiger partial charge in [-0.25, -0.2) is 0 Å². The molecule has 2 amide bonds. The largest absolute Gasteiger partial charge is 0.496 e. The molecule has 2 N–H and O–H groups in total. The summed E-state index contributed by atoms with van der Waals surface area (Å²) in [6, 6.07) is 6.08. The number of methoxy groups -OCH3 is 1. The van der Waals surface area contributed by atoms with Gasteiger partial charge in [-0.05, 0) is 37.8 Å². The van der Waals surface area contributed by atoms with E-state index < -0.39 is 23.3 Å². The van der Waals surface area contributed by atoms with Crippen molar-refractivity contribution in [3.05, 3.63) is 29.8 Å². The van der Waals surface area contributed by atoms with E-state index in [1.807, 2.05) is 13.8 Å². The first kappa shape index (κ1) is 20.7. The van der Waals surface area contributed by atoms with Crippen molar-refractivity contribution in [2.45, 2.75) is 39.7 Å². The summed E-state index contributed by atoms with van der Waals surface area (Å²) in [6.45, 7) is 6.01. The highest BCUT2D eigenvalue weighted by atomic mass is 16.5. The Balaban J connectivity index is 2.18. The molecule has 1 fully saturated rings. The van der Waals surface area contributed by atoms with Gasteiger partial charge >= 0.3 is 5.97 Å². The van der Waals surface area contributed by atoms with E-state index in [1.165, 1.54) is 7.11 Å². The van der Waals surface area contributed by atoms with Gasteiger partial charge in [0.2, 0.25) is 5.91 Å². The number of benzene rings is 1. The molecule has 1 aromatic rings. The molecule has 27 heavy (non-hydrogen) atoms. The lowest BCUT2D eigenvalue weighted by Crippen LogP contribution is -2.56. The fraction of sp³-hybridized carbons (Fsp3) is 0.550. The predicted molar refractivity (Wildman–Crippen MR) is 101 cm³/mol. The van der Waals surface area contributed by atoms with E-state index in [1.54, 1.807) is 36.1 Å². The van der Waals surface area contributed by atoms with Gasteiger partial charge < -0.3 is 20.1 Å². The van der Waals surface area contributed by atoms with Crippen LogP contribution in [0.5, 0.6) is 5.75 Å². The number of nitrogens with zero attached hydrogens (tertiary/aromatic N) is 1. The van der Waals surface area contributed by atoms with E-state index in [2.05, 4.69) is 5.32 Å². The van der Waals surface area contributed by atoms with Crippen LogP contribution >= 0.6 is 0 Å². The summed E-state index contributed by atoms with van der Waals surface area (Å²) in [4.78, 5) is 38.9. The van der Waals surface area contributed by atoms with E-state index in [-0.39, 0.29) is 18.4 Å². The third-order valence-corrected chi connectivity index (χ3v) is 5.10. The summed E-state index contributed by atoms with van der Waals surface area (Å²) in [6.07, 6.45) is 1.16. The molecule has 7 heteroatoms. The van der Waals surface area contributed by atoms with Gasteiger partial charge in [0.1, 0.15) is 11.8 Å². The molecule has 0 spiro atoms. The quantitative estimate of drug-likeness (QED) is 0.793. The summed E-state index contributed by atoms with van der Waals surface area (Å²) < 4.78 is 5.22. The first-order valence-corrected chi connectivity index (χ1v) is 9.15. The lowest BCUT2D eigenvalue weighted by molar-refractivity contribution is -0.154. The van der Waals surface area contributed by atoms with Crippen LogP contribution in [0, 0.1) is 11.3 Å². The number of carbonyl (C=O) groups is 3. The first-order valence-electron chi connectivity index (χ1n) is 9.15. The van der Waals surface area contributed by atoms with Gasteiger partial charge in [0, 0.05) is 13.1 Å². The van der Waals surface area contributed by atoms with E-state index in [9.17, 15) is 19.5 Å². The molecule has 148 valence electrons. The van der Waals surface area contributed by atoms with Gasteiger partial charge in [-0.1, -0.05) is 26.0 Å². The SMILES string of the molecule is COc1ccccc1C(=O)NC(C(=O)N1CCCC(C)(C(=O)O)C1)C(C)C. The molecular weight excluding hydrogens is 348 g/mol.